The summed E-state index contributed by atoms with van der Waals surface area (Å²) in [6, 6.07) is 0.0656. The second-order valence-electron chi connectivity index (χ2n) is 5.58. The molecular formula is C15H30ClN3O2S. The normalized spacial score (nSPS) is 15.8. The summed E-state index contributed by atoms with van der Waals surface area (Å²) >= 11 is 1.40. The molecule has 0 saturated carbocycles. The number of carbonyl (C=O) groups excluding carboxylic acids is 2. The van der Waals surface area contributed by atoms with Crippen LogP contribution in [0.25, 0.3) is 0 Å². The van der Waals surface area contributed by atoms with Crippen LogP contribution in [-0.2, 0) is 9.59 Å². The van der Waals surface area contributed by atoms with Crippen LogP contribution in [0.5, 0.6) is 0 Å². The summed E-state index contributed by atoms with van der Waals surface area (Å²) in [4.78, 5) is 25.7. The Morgan fingerprint density at radius 1 is 1.23 bits per heavy atom. The zero-order valence-corrected chi connectivity index (χ0v) is 15.1. The van der Waals surface area contributed by atoms with Crippen molar-refractivity contribution in [2.45, 2.75) is 51.5 Å². The first-order valence-corrected chi connectivity index (χ1v) is 9.17. The summed E-state index contributed by atoms with van der Waals surface area (Å²) in [5.74, 6) is 0.879. The van der Waals surface area contributed by atoms with Gasteiger partial charge in [0, 0.05) is 25.7 Å². The lowest BCUT2D eigenvalue weighted by molar-refractivity contribution is -0.129. The van der Waals surface area contributed by atoms with E-state index in [4.69, 9.17) is 5.73 Å². The van der Waals surface area contributed by atoms with Gasteiger partial charge in [-0.2, -0.15) is 0 Å². The molecule has 1 heterocycles. The molecule has 2 amide bonds. The van der Waals surface area contributed by atoms with E-state index in [0.717, 1.165) is 45.2 Å². The van der Waals surface area contributed by atoms with Crippen molar-refractivity contribution in [3.05, 3.63) is 0 Å². The van der Waals surface area contributed by atoms with Crippen molar-refractivity contribution < 1.29 is 9.59 Å². The van der Waals surface area contributed by atoms with Crippen LogP contribution in [0.3, 0.4) is 0 Å². The van der Waals surface area contributed by atoms with E-state index in [1.165, 1.54) is 18.2 Å². The van der Waals surface area contributed by atoms with Crippen molar-refractivity contribution in [1.82, 2.24) is 10.2 Å². The number of amides is 2. The second kappa shape index (κ2) is 13.0. The minimum Gasteiger partial charge on any atom is -0.351 e. The topological polar surface area (TPSA) is 75.4 Å². The molecule has 130 valence electrons. The average Bonchev–Trinajstić information content (AvgIpc) is 2.52. The molecule has 5 nitrogen and oxygen atoms in total. The predicted molar refractivity (Wildman–Crippen MR) is 95.5 cm³/mol. The molecule has 1 aliphatic heterocycles. The molecule has 0 radical (unpaired) electrons. The summed E-state index contributed by atoms with van der Waals surface area (Å²) in [7, 11) is 0. The maximum atomic E-state index is 12.0. The van der Waals surface area contributed by atoms with Crippen molar-refractivity contribution in [3.63, 3.8) is 0 Å². The summed E-state index contributed by atoms with van der Waals surface area (Å²) < 4.78 is 0. The highest BCUT2D eigenvalue weighted by molar-refractivity contribution is 8.00. The number of hydrogen-bond donors (Lipinski definition) is 2. The van der Waals surface area contributed by atoms with E-state index in [9.17, 15) is 9.59 Å². The van der Waals surface area contributed by atoms with Gasteiger partial charge >= 0.3 is 0 Å². The third-order valence-electron chi connectivity index (χ3n) is 3.72. The van der Waals surface area contributed by atoms with E-state index in [1.807, 2.05) is 4.90 Å². The van der Waals surface area contributed by atoms with Crippen molar-refractivity contribution in [2.24, 2.45) is 5.73 Å². The van der Waals surface area contributed by atoms with Crippen molar-refractivity contribution in [1.29, 1.82) is 0 Å². The van der Waals surface area contributed by atoms with Gasteiger partial charge in [0.1, 0.15) is 0 Å². The van der Waals surface area contributed by atoms with Gasteiger partial charge in [-0.05, 0) is 25.7 Å². The number of halogens is 1. The molecule has 3 N–H and O–H groups in total. The summed E-state index contributed by atoms with van der Waals surface area (Å²) in [5.41, 5.74) is 5.65. The fourth-order valence-corrected chi connectivity index (χ4v) is 3.16. The van der Waals surface area contributed by atoms with E-state index in [0.29, 0.717) is 18.1 Å². The van der Waals surface area contributed by atoms with Gasteiger partial charge in [-0.3, -0.25) is 9.59 Å². The molecule has 0 aromatic rings. The van der Waals surface area contributed by atoms with Gasteiger partial charge in [-0.25, -0.2) is 0 Å². The molecule has 0 aromatic carbocycles. The average molecular weight is 352 g/mol. The number of carbonyl (C=O) groups is 2. The summed E-state index contributed by atoms with van der Waals surface area (Å²) in [6.07, 6.45) is 6.53. The highest BCUT2D eigenvalue weighted by Gasteiger charge is 2.17. The highest BCUT2D eigenvalue weighted by Crippen LogP contribution is 2.11. The van der Waals surface area contributed by atoms with Gasteiger partial charge in [-0.1, -0.05) is 19.8 Å². The van der Waals surface area contributed by atoms with Gasteiger partial charge in [0.25, 0.3) is 0 Å². The number of rotatable bonds is 9. The first-order valence-electron chi connectivity index (χ1n) is 8.02. The van der Waals surface area contributed by atoms with Crippen LogP contribution in [0.2, 0.25) is 0 Å². The van der Waals surface area contributed by atoms with Gasteiger partial charge in [-0.15, -0.1) is 24.2 Å². The number of likely N-dealkylation sites (tertiary alicyclic amines) is 1. The van der Waals surface area contributed by atoms with Crippen LogP contribution in [-0.4, -0.2) is 53.9 Å². The predicted octanol–water partition coefficient (Wildman–Crippen LogP) is 1.79. The Bertz CT molecular complexity index is 326. The lowest BCUT2D eigenvalue weighted by atomic mass is 10.1. The third kappa shape index (κ3) is 8.86. The molecule has 0 aliphatic carbocycles. The molecular weight excluding hydrogens is 322 g/mol. The van der Waals surface area contributed by atoms with E-state index >= 15 is 0 Å². The first kappa shape index (κ1) is 21.5. The van der Waals surface area contributed by atoms with Crippen molar-refractivity contribution in [2.75, 3.05) is 31.1 Å². The van der Waals surface area contributed by atoms with Crippen LogP contribution in [0.4, 0.5) is 0 Å². The van der Waals surface area contributed by atoms with Crippen LogP contribution in [0, 0.1) is 0 Å². The summed E-state index contributed by atoms with van der Waals surface area (Å²) in [5, 5.41) is 2.95. The molecule has 1 unspecified atom stereocenters. The molecule has 0 spiro atoms. The maximum Gasteiger partial charge on any atom is 0.232 e. The SMILES string of the molecule is CCCCC(CN)NC(=O)CSCC(=O)N1CCCCC1.Cl. The molecule has 7 heteroatoms. The Hall–Kier alpha value is -0.460. The largest absolute Gasteiger partial charge is 0.351 e. The third-order valence-corrected chi connectivity index (χ3v) is 4.64. The Morgan fingerprint density at radius 2 is 1.91 bits per heavy atom. The standard InChI is InChI=1S/C15H29N3O2S.ClH/c1-2-3-7-13(10-16)17-14(19)11-21-12-15(20)18-8-5-4-6-9-18;/h13H,2-12,16H2,1H3,(H,17,19);1H. The van der Waals surface area contributed by atoms with Crippen molar-refractivity contribution in [3.8, 4) is 0 Å². The second-order valence-corrected chi connectivity index (χ2v) is 6.56. The number of nitrogens with two attached hydrogens (primary N) is 1. The fraction of sp³-hybridized carbons (Fsp3) is 0.867. The highest BCUT2D eigenvalue weighted by atomic mass is 35.5. The Balaban J connectivity index is 0.00000441. The van der Waals surface area contributed by atoms with Crippen LogP contribution in [0.1, 0.15) is 45.4 Å². The molecule has 22 heavy (non-hydrogen) atoms. The molecule has 1 atom stereocenters. The minimum atomic E-state index is -0.0157. The minimum absolute atomic E-state index is 0. The number of thioether (sulfide) groups is 1. The molecule has 0 bridgehead atoms. The van der Waals surface area contributed by atoms with Crippen LogP contribution in [0.15, 0.2) is 0 Å². The Morgan fingerprint density at radius 3 is 2.50 bits per heavy atom. The van der Waals surface area contributed by atoms with E-state index < -0.39 is 0 Å². The Labute approximate surface area is 144 Å². The van der Waals surface area contributed by atoms with Crippen LogP contribution < -0.4 is 11.1 Å². The lowest BCUT2D eigenvalue weighted by Gasteiger charge is -2.26. The quantitative estimate of drug-likeness (QED) is 0.664. The first-order chi connectivity index (χ1) is 10.2. The monoisotopic (exact) mass is 351 g/mol. The van der Waals surface area contributed by atoms with Gasteiger partial charge < -0.3 is 16.0 Å². The van der Waals surface area contributed by atoms with Crippen molar-refractivity contribution >= 4 is 36.0 Å². The molecule has 0 aromatic heterocycles. The molecule has 1 aliphatic rings. The van der Waals surface area contributed by atoms with E-state index in [1.54, 1.807) is 0 Å². The van der Waals surface area contributed by atoms with E-state index in [-0.39, 0.29) is 30.3 Å². The van der Waals surface area contributed by atoms with Gasteiger partial charge in [0.2, 0.25) is 11.8 Å². The van der Waals surface area contributed by atoms with Crippen LogP contribution >= 0.6 is 24.2 Å². The fourth-order valence-electron chi connectivity index (χ4n) is 2.43. The zero-order valence-electron chi connectivity index (χ0n) is 13.5. The number of nitrogens with zero attached hydrogens (tertiary/aromatic N) is 1. The lowest BCUT2D eigenvalue weighted by Crippen LogP contribution is -2.41. The summed E-state index contributed by atoms with van der Waals surface area (Å²) in [6.45, 7) is 4.34. The smallest absolute Gasteiger partial charge is 0.232 e. The maximum absolute atomic E-state index is 12.0. The molecule has 1 rings (SSSR count). The molecule has 1 saturated heterocycles. The number of unbranched alkanes of at least 4 members (excludes halogenated alkanes) is 1. The Kier molecular flexibility index (Phi) is 12.8. The number of hydrogen-bond acceptors (Lipinski definition) is 4. The van der Waals surface area contributed by atoms with Gasteiger partial charge in [0.15, 0.2) is 0 Å². The zero-order chi connectivity index (χ0) is 15.5. The molecule has 1 fully saturated rings. The van der Waals surface area contributed by atoms with E-state index in [2.05, 4.69) is 12.2 Å². The number of piperidine rings is 1. The van der Waals surface area contributed by atoms with Gasteiger partial charge in [0.05, 0.1) is 11.5 Å². The number of nitrogens with one attached hydrogen (secondary N) is 1.